The molecule has 3 aromatic rings. The summed E-state index contributed by atoms with van der Waals surface area (Å²) < 4.78 is 2.00. The number of hydrogen-bond acceptors (Lipinski definition) is 3. The first-order valence-electron chi connectivity index (χ1n) is 5.50. The maximum Gasteiger partial charge on any atom is 0.107 e. The molecular formula is C14H10BrNOS. The van der Waals surface area contributed by atoms with Crippen molar-refractivity contribution >= 4 is 37.4 Å². The van der Waals surface area contributed by atoms with Crippen LogP contribution >= 0.6 is 27.3 Å². The highest BCUT2D eigenvalue weighted by Crippen LogP contribution is 2.32. The largest absolute Gasteiger partial charge is 0.384 e. The van der Waals surface area contributed by atoms with Gasteiger partial charge in [0, 0.05) is 32.7 Å². The van der Waals surface area contributed by atoms with E-state index in [2.05, 4.69) is 33.0 Å². The monoisotopic (exact) mass is 319 g/mol. The summed E-state index contributed by atoms with van der Waals surface area (Å²) in [5, 5.41) is 13.7. The Balaban J connectivity index is 2.12. The molecule has 90 valence electrons. The normalized spacial score (nSPS) is 12.8. The van der Waals surface area contributed by atoms with Crippen molar-refractivity contribution in [2.75, 3.05) is 0 Å². The van der Waals surface area contributed by atoms with Crippen LogP contribution in [0.1, 0.15) is 17.2 Å². The number of benzene rings is 1. The third-order valence-electron chi connectivity index (χ3n) is 2.85. The summed E-state index contributed by atoms with van der Waals surface area (Å²) in [6, 6.07) is 9.95. The lowest BCUT2D eigenvalue weighted by atomic mass is 10.0. The van der Waals surface area contributed by atoms with E-state index >= 15 is 0 Å². The number of aliphatic hydroxyl groups is 1. The van der Waals surface area contributed by atoms with E-state index < -0.39 is 6.10 Å². The Bertz CT molecular complexity index is 695. The third-order valence-corrected chi connectivity index (χ3v) is 4.26. The summed E-state index contributed by atoms with van der Waals surface area (Å²) in [6.45, 7) is 0. The van der Waals surface area contributed by atoms with Crippen LogP contribution in [0.4, 0.5) is 0 Å². The SMILES string of the molecule is OC(c1cncc(Br)c1)c1cccc2ccsc12. The molecule has 2 heterocycles. The minimum Gasteiger partial charge on any atom is -0.384 e. The van der Waals surface area contributed by atoms with Gasteiger partial charge in [0.25, 0.3) is 0 Å². The zero-order valence-electron chi connectivity index (χ0n) is 9.38. The Labute approximate surface area is 117 Å². The van der Waals surface area contributed by atoms with Gasteiger partial charge in [-0.3, -0.25) is 4.98 Å². The molecule has 3 rings (SSSR count). The van der Waals surface area contributed by atoms with Crippen LogP contribution in [-0.4, -0.2) is 10.1 Å². The van der Waals surface area contributed by atoms with Crippen LogP contribution in [0.2, 0.25) is 0 Å². The number of aliphatic hydroxyl groups excluding tert-OH is 1. The van der Waals surface area contributed by atoms with Crippen molar-refractivity contribution < 1.29 is 5.11 Å². The summed E-state index contributed by atoms with van der Waals surface area (Å²) in [5.41, 5.74) is 1.73. The zero-order chi connectivity index (χ0) is 12.5. The van der Waals surface area contributed by atoms with Gasteiger partial charge in [-0.15, -0.1) is 11.3 Å². The second-order valence-corrected chi connectivity index (χ2v) is 5.86. The first-order chi connectivity index (χ1) is 8.75. The van der Waals surface area contributed by atoms with Gasteiger partial charge in [-0.1, -0.05) is 18.2 Å². The number of thiophene rings is 1. The Morgan fingerprint density at radius 3 is 2.94 bits per heavy atom. The molecule has 1 atom stereocenters. The Kier molecular flexibility index (Phi) is 3.16. The highest BCUT2D eigenvalue weighted by molar-refractivity contribution is 9.10. The van der Waals surface area contributed by atoms with Crippen molar-refractivity contribution in [1.29, 1.82) is 0 Å². The van der Waals surface area contributed by atoms with Crippen LogP contribution in [0, 0.1) is 0 Å². The highest BCUT2D eigenvalue weighted by Gasteiger charge is 2.14. The van der Waals surface area contributed by atoms with E-state index in [1.54, 1.807) is 23.7 Å². The summed E-state index contributed by atoms with van der Waals surface area (Å²) in [6.07, 6.45) is 2.77. The Morgan fingerprint density at radius 1 is 1.22 bits per heavy atom. The standard InChI is InChI=1S/C14H10BrNOS/c15-11-6-10(7-16-8-11)13(17)12-3-1-2-9-4-5-18-14(9)12/h1-8,13,17H. The lowest BCUT2D eigenvalue weighted by Gasteiger charge is -2.12. The second-order valence-electron chi connectivity index (χ2n) is 4.03. The number of nitrogens with zero attached hydrogens (tertiary/aromatic N) is 1. The molecule has 1 unspecified atom stereocenters. The van der Waals surface area contributed by atoms with Crippen molar-refractivity contribution in [2.45, 2.75) is 6.10 Å². The van der Waals surface area contributed by atoms with E-state index in [1.165, 1.54) is 5.39 Å². The molecule has 2 aromatic heterocycles. The van der Waals surface area contributed by atoms with Crippen LogP contribution < -0.4 is 0 Å². The molecule has 0 radical (unpaired) electrons. The lowest BCUT2D eigenvalue weighted by molar-refractivity contribution is 0.221. The maximum atomic E-state index is 10.5. The molecule has 0 saturated heterocycles. The van der Waals surface area contributed by atoms with Crippen molar-refractivity contribution in [3.8, 4) is 0 Å². The molecule has 0 aliphatic rings. The number of aromatic nitrogens is 1. The van der Waals surface area contributed by atoms with Gasteiger partial charge < -0.3 is 5.11 Å². The summed E-state index contributed by atoms with van der Waals surface area (Å²) in [7, 11) is 0. The predicted octanol–water partition coefficient (Wildman–Crippen LogP) is 4.14. The molecule has 4 heteroatoms. The van der Waals surface area contributed by atoms with Gasteiger partial charge in [-0.05, 0) is 38.8 Å². The maximum absolute atomic E-state index is 10.5. The van der Waals surface area contributed by atoms with Gasteiger partial charge in [0.1, 0.15) is 6.10 Å². The van der Waals surface area contributed by atoms with Crippen LogP contribution in [0.25, 0.3) is 10.1 Å². The molecule has 18 heavy (non-hydrogen) atoms. The smallest absolute Gasteiger partial charge is 0.107 e. The van der Waals surface area contributed by atoms with Crippen LogP contribution in [0.15, 0.2) is 52.6 Å². The zero-order valence-corrected chi connectivity index (χ0v) is 11.8. The van der Waals surface area contributed by atoms with E-state index in [9.17, 15) is 5.11 Å². The highest BCUT2D eigenvalue weighted by atomic mass is 79.9. The quantitative estimate of drug-likeness (QED) is 0.770. The molecule has 0 amide bonds. The molecule has 0 fully saturated rings. The predicted molar refractivity (Wildman–Crippen MR) is 77.8 cm³/mol. The van der Waals surface area contributed by atoms with Crippen molar-refractivity contribution in [2.24, 2.45) is 0 Å². The summed E-state index contributed by atoms with van der Waals surface area (Å²) >= 11 is 5.02. The molecule has 0 spiro atoms. The summed E-state index contributed by atoms with van der Waals surface area (Å²) in [5.74, 6) is 0. The fraction of sp³-hybridized carbons (Fsp3) is 0.0714. The lowest BCUT2D eigenvalue weighted by Crippen LogP contribution is -2.00. The summed E-state index contributed by atoms with van der Waals surface area (Å²) in [4.78, 5) is 4.10. The molecule has 0 aliphatic heterocycles. The first-order valence-corrected chi connectivity index (χ1v) is 7.17. The van der Waals surface area contributed by atoms with E-state index in [4.69, 9.17) is 0 Å². The minimum atomic E-state index is -0.641. The molecule has 0 bridgehead atoms. The van der Waals surface area contributed by atoms with Crippen molar-refractivity contribution in [3.63, 3.8) is 0 Å². The molecular weight excluding hydrogens is 310 g/mol. The molecule has 1 aromatic carbocycles. The third kappa shape index (κ3) is 2.07. The van der Waals surface area contributed by atoms with Crippen LogP contribution in [-0.2, 0) is 0 Å². The van der Waals surface area contributed by atoms with Crippen LogP contribution in [0.3, 0.4) is 0 Å². The molecule has 1 N–H and O–H groups in total. The number of rotatable bonds is 2. The first kappa shape index (κ1) is 11.8. The average molecular weight is 320 g/mol. The van der Waals surface area contributed by atoms with Crippen molar-refractivity contribution in [1.82, 2.24) is 4.98 Å². The van der Waals surface area contributed by atoms with Gasteiger partial charge in [-0.2, -0.15) is 0 Å². The number of hydrogen-bond donors (Lipinski definition) is 1. The van der Waals surface area contributed by atoms with Gasteiger partial charge in [0.2, 0.25) is 0 Å². The number of pyridine rings is 1. The fourth-order valence-electron chi connectivity index (χ4n) is 1.99. The van der Waals surface area contributed by atoms with Gasteiger partial charge in [0.05, 0.1) is 0 Å². The van der Waals surface area contributed by atoms with E-state index in [1.807, 2.05) is 23.6 Å². The van der Waals surface area contributed by atoms with Gasteiger partial charge >= 0.3 is 0 Å². The molecule has 0 aliphatic carbocycles. The molecule has 2 nitrogen and oxygen atoms in total. The van der Waals surface area contributed by atoms with E-state index in [-0.39, 0.29) is 0 Å². The fourth-order valence-corrected chi connectivity index (χ4v) is 3.31. The average Bonchev–Trinajstić information content (AvgIpc) is 2.86. The van der Waals surface area contributed by atoms with Crippen LogP contribution in [0.5, 0.6) is 0 Å². The minimum absolute atomic E-state index is 0.641. The Morgan fingerprint density at radius 2 is 2.11 bits per heavy atom. The second kappa shape index (κ2) is 4.80. The molecule has 0 saturated carbocycles. The van der Waals surface area contributed by atoms with Gasteiger partial charge in [0.15, 0.2) is 0 Å². The van der Waals surface area contributed by atoms with Gasteiger partial charge in [-0.25, -0.2) is 0 Å². The number of halogens is 1. The van der Waals surface area contributed by atoms with Crippen molar-refractivity contribution in [3.05, 3.63) is 63.7 Å². The Hall–Kier alpha value is -1.23. The number of fused-ring (bicyclic) bond motifs is 1. The van der Waals surface area contributed by atoms with E-state index in [0.717, 1.165) is 20.3 Å². The topological polar surface area (TPSA) is 33.1 Å². The van der Waals surface area contributed by atoms with E-state index in [0.29, 0.717) is 0 Å².